The van der Waals surface area contributed by atoms with Gasteiger partial charge in [0.2, 0.25) is 0 Å². The monoisotopic (exact) mass is 254 g/mol. The molecular formula is C9H10N4O3S. The van der Waals surface area contributed by atoms with E-state index in [9.17, 15) is 14.9 Å². The average molecular weight is 254 g/mol. The van der Waals surface area contributed by atoms with E-state index in [1.165, 1.54) is 18.2 Å². The van der Waals surface area contributed by atoms with Crippen LogP contribution in [0.2, 0.25) is 0 Å². The van der Waals surface area contributed by atoms with Crippen molar-refractivity contribution >= 4 is 28.9 Å². The van der Waals surface area contributed by atoms with Gasteiger partial charge in [-0.15, -0.1) is 0 Å². The quantitative estimate of drug-likeness (QED) is 0.400. The van der Waals surface area contributed by atoms with Gasteiger partial charge in [-0.3, -0.25) is 25.8 Å². The number of hydrogen-bond donors (Lipinski definition) is 3. The van der Waals surface area contributed by atoms with Crippen molar-refractivity contribution < 1.29 is 9.72 Å². The van der Waals surface area contributed by atoms with Gasteiger partial charge in [0.25, 0.3) is 11.6 Å². The Bertz CT molecular complexity index is 489. The second kappa shape index (κ2) is 5.21. The molecule has 0 heterocycles. The fourth-order valence-electron chi connectivity index (χ4n) is 1.19. The Morgan fingerprint density at radius 3 is 2.59 bits per heavy atom. The maximum Gasteiger partial charge on any atom is 0.270 e. The molecule has 0 atom stereocenters. The molecule has 1 rings (SSSR count). The number of carbonyl (C=O) groups is 1. The summed E-state index contributed by atoms with van der Waals surface area (Å²) in [5.74, 6) is -0.551. The molecule has 8 heteroatoms. The molecule has 0 aliphatic heterocycles. The highest BCUT2D eigenvalue weighted by Crippen LogP contribution is 2.16. The van der Waals surface area contributed by atoms with Crippen molar-refractivity contribution in [1.82, 2.24) is 10.9 Å². The molecule has 0 saturated heterocycles. The largest absolute Gasteiger partial charge is 0.375 e. The summed E-state index contributed by atoms with van der Waals surface area (Å²) in [6.07, 6.45) is 0. The maximum absolute atomic E-state index is 11.6. The summed E-state index contributed by atoms with van der Waals surface area (Å²) in [7, 11) is 0. The summed E-state index contributed by atoms with van der Waals surface area (Å²) in [6, 6.07) is 4.06. The van der Waals surface area contributed by atoms with Crippen molar-refractivity contribution in [2.75, 3.05) is 0 Å². The number of nitro groups is 1. The van der Waals surface area contributed by atoms with Crippen molar-refractivity contribution in [3.8, 4) is 0 Å². The van der Waals surface area contributed by atoms with Crippen molar-refractivity contribution in [2.24, 2.45) is 5.73 Å². The van der Waals surface area contributed by atoms with Crippen LogP contribution < -0.4 is 16.6 Å². The SMILES string of the molecule is Cc1cc(C(=O)NNC(N)=S)cc([N+](=O)[O-])c1. The molecule has 0 fully saturated rings. The standard InChI is InChI=1S/C9H10N4O3S/c1-5-2-6(4-7(3-5)13(15)16)8(14)11-12-9(10)17/h2-4H,1H3,(H,11,14)(H3,10,12,17). The molecule has 0 saturated carbocycles. The average Bonchev–Trinajstić information content (AvgIpc) is 2.24. The van der Waals surface area contributed by atoms with Crippen LogP contribution in [0.4, 0.5) is 5.69 Å². The number of thiocarbonyl (C=S) groups is 1. The number of nitrogens with one attached hydrogen (secondary N) is 2. The topological polar surface area (TPSA) is 110 Å². The van der Waals surface area contributed by atoms with Crippen LogP contribution in [-0.4, -0.2) is 15.9 Å². The molecule has 0 aromatic heterocycles. The van der Waals surface area contributed by atoms with E-state index in [1.807, 2.05) is 0 Å². The highest BCUT2D eigenvalue weighted by molar-refractivity contribution is 7.80. The Morgan fingerprint density at radius 2 is 2.06 bits per heavy atom. The Balaban J connectivity index is 2.93. The lowest BCUT2D eigenvalue weighted by atomic mass is 10.1. The lowest BCUT2D eigenvalue weighted by Crippen LogP contribution is -2.44. The molecule has 1 aromatic carbocycles. The number of nitro benzene ring substituents is 1. The Morgan fingerprint density at radius 1 is 1.41 bits per heavy atom. The number of nitrogens with zero attached hydrogens (tertiary/aromatic N) is 1. The third-order valence-corrected chi connectivity index (χ3v) is 1.94. The van der Waals surface area contributed by atoms with E-state index in [1.54, 1.807) is 6.92 Å². The zero-order valence-electron chi connectivity index (χ0n) is 8.89. The Labute approximate surface area is 102 Å². The van der Waals surface area contributed by atoms with Crippen LogP contribution in [0.3, 0.4) is 0 Å². The zero-order valence-corrected chi connectivity index (χ0v) is 9.71. The number of benzene rings is 1. The van der Waals surface area contributed by atoms with E-state index in [0.29, 0.717) is 5.56 Å². The van der Waals surface area contributed by atoms with Crippen LogP contribution in [0.5, 0.6) is 0 Å². The van der Waals surface area contributed by atoms with Gasteiger partial charge in [0.05, 0.1) is 4.92 Å². The summed E-state index contributed by atoms with van der Waals surface area (Å²) < 4.78 is 0. The summed E-state index contributed by atoms with van der Waals surface area (Å²) in [5.41, 5.74) is 10.2. The van der Waals surface area contributed by atoms with Crippen LogP contribution in [-0.2, 0) is 0 Å². The van der Waals surface area contributed by atoms with Crippen LogP contribution in [0.25, 0.3) is 0 Å². The highest BCUT2D eigenvalue weighted by Gasteiger charge is 2.12. The minimum absolute atomic E-state index is 0.0968. The van der Waals surface area contributed by atoms with Crippen molar-refractivity contribution in [3.05, 3.63) is 39.4 Å². The zero-order chi connectivity index (χ0) is 13.0. The Kier molecular flexibility index (Phi) is 3.94. The van der Waals surface area contributed by atoms with Crippen molar-refractivity contribution in [2.45, 2.75) is 6.92 Å². The van der Waals surface area contributed by atoms with Crippen LogP contribution in [0.1, 0.15) is 15.9 Å². The lowest BCUT2D eigenvalue weighted by Gasteiger charge is -2.06. The molecule has 0 aliphatic rings. The van der Waals surface area contributed by atoms with E-state index in [-0.39, 0.29) is 16.4 Å². The number of carbonyl (C=O) groups excluding carboxylic acids is 1. The fourth-order valence-corrected chi connectivity index (χ4v) is 1.24. The van der Waals surface area contributed by atoms with Gasteiger partial charge in [0.15, 0.2) is 5.11 Å². The number of non-ortho nitro benzene ring substituents is 1. The van der Waals surface area contributed by atoms with Gasteiger partial charge in [-0.05, 0) is 30.8 Å². The number of hydrazine groups is 1. The molecule has 0 unspecified atom stereocenters. The van der Waals surface area contributed by atoms with Gasteiger partial charge in [-0.1, -0.05) is 0 Å². The summed E-state index contributed by atoms with van der Waals surface area (Å²) in [4.78, 5) is 21.6. The molecular weight excluding hydrogens is 244 g/mol. The highest BCUT2D eigenvalue weighted by atomic mass is 32.1. The molecule has 0 spiro atoms. The molecule has 0 radical (unpaired) electrons. The van der Waals surface area contributed by atoms with E-state index in [4.69, 9.17) is 5.73 Å². The first-order chi connectivity index (χ1) is 7.90. The second-order valence-corrected chi connectivity index (χ2v) is 3.70. The van der Waals surface area contributed by atoms with E-state index in [0.717, 1.165) is 0 Å². The predicted octanol–water partition coefficient (Wildman–Crippen LogP) is 0.381. The molecule has 90 valence electrons. The Hall–Kier alpha value is -2.22. The van der Waals surface area contributed by atoms with Gasteiger partial charge < -0.3 is 5.73 Å². The van der Waals surface area contributed by atoms with Crippen molar-refractivity contribution in [3.63, 3.8) is 0 Å². The second-order valence-electron chi connectivity index (χ2n) is 3.26. The normalized spacial score (nSPS) is 9.47. The molecule has 0 bridgehead atoms. The summed E-state index contributed by atoms with van der Waals surface area (Å²) in [5, 5.41) is 10.5. The summed E-state index contributed by atoms with van der Waals surface area (Å²) in [6.45, 7) is 1.66. The maximum atomic E-state index is 11.6. The number of rotatable bonds is 2. The van der Waals surface area contributed by atoms with E-state index < -0.39 is 10.8 Å². The third kappa shape index (κ3) is 3.68. The predicted molar refractivity (Wildman–Crippen MR) is 65.2 cm³/mol. The third-order valence-electron chi connectivity index (χ3n) is 1.83. The first-order valence-electron chi connectivity index (χ1n) is 4.52. The van der Waals surface area contributed by atoms with Gasteiger partial charge in [-0.25, -0.2) is 0 Å². The van der Waals surface area contributed by atoms with Gasteiger partial charge in [0, 0.05) is 17.7 Å². The number of nitrogens with two attached hydrogens (primary N) is 1. The minimum atomic E-state index is -0.565. The van der Waals surface area contributed by atoms with Crippen LogP contribution in [0, 0.1) is 17.0 Å². The lowest BCUT2D eigenvalue weighted by molar-refractivity contribution is -0.384. The first-order valence-corrected chi connectivity index (χ1v) is 4.93. The van der Waals surface area contributed by atoms with Gasteiger partial charge in [0.1, 0.15) is 0 Å². The number of aryl methyl sites for hydroxylation is 1. The van der Waals surface area contributed by atoms with Crippen LogP contribution >= 0.6 is 12.2 Å². The van der Waals surface area contributed by atoms with Crippen molar-refractivity contribution in [1.29, 1.82) is 0 Å². The number of amides is 1. The summed E-state index contributed by atoms with van der Waals surface area (Å²) >= 11 is 4.50. The molecule has 4 N–H and O–H groups in total. The number of hydrogen-bond acceptors (Lipinski definition) is 4. The van der Waals surface area contributed by atoms with Crippen LogP contribution in [0.15, 0.2) is 18.2 Å². The molecule has 0 aliphatic carbocycles. The molecule has 1 aromatic rings. The first kappa shape index (κ1) is 12.8. The van der Waals surface area contributed by atoms with Gasteiger partial charge in [-0.2, -0.15) is 0 Å². The molecule has 17 heavy (non-hydrogen) atoms. The van der Waals surface area contributed by atoms with E-state index in [2.05, 4.69) is 23.1 Å². The fraction of sp³-hybridized carbons (Fsp3) is 0.111. The molecule has 7 nitrogen and oxygen atoms in total. The van der Waals surface area contributed by atoms with Gasteiger partial charge >= 0.3 is 0 Å². The smallest absolute Gasteiger partial charge is 0.270 e. The van der Waals surface area contributed by atoms with E-state index >= 15 is 0 Å². The minimum Gasteiger partial charge on any atom is -0.375 e. The molecule has 1 amide bonds.